The van der Waals surface area contributed by atoms with Gasteiger partial charge in [0.15, 0.2) is 6.79 Å². The van der Waals surface area contributed by atoms with Crippen LogP contribution in [-0.4, -0.2) is 19.4 Å². The van der Waals surface area contributed by atoms with Crippen molar-refractivity contribution in [2.75, 3.05) is 13.9 Å². The minimum atomic E-state index is 0.0694. The fourth-order valence-electron chi connectivity index (χ4n) is 4.86. The molecule has 2 aromatic rings. The normalized spacial score (nSPS) is 19.2. The topological polar surface area (TPSA) is 30.5 Å². The maximum atomic E-state index is 6.33. The van der Waals surface area contributed by atoms with Crippen molar-refractivity contribution in [3.63, 3.8) is 0 Å². The molecular weight excluding hydrogens is 473 g/mol. The number of allylic oxidation sites excluding steroid dienone is 8. The summed E-state index contributed by atoms with van der Waals surface area (Å²) in [7, 11) is 2.21. The van der Waals surface area contributed by atoms with Crippen LogP contribution in [0.4, 0.5) is 0 Å². The second kappa shape index (κ2) is 13.4. The molecule has 0 fully saturated rings. The van der Waals surface area contributed by atoms with Gasteiger partial charge in [-0.2, -0.15) is 0 Å². The van der Waals surface area contributed by atoms with Gasteiger partial charge in [0.2, 0.25) is 0 Å². The highest BCUT2D eigenvalue weighted by molar-refractivity contribution is 7.55. The van der Waals surface area contributed by atoms with Crippen molar-refractivity contribution in [3.8, 4) is 5.75 Å². The van der Waals surface area contributed by atoms with Crippen LogP contribution in [0.2, 0.25) is 0 Å². The number of ether oxygens (including phenoxy) is 2. The zero-order valence-corrected chi connectivity index (χ0v) is 23.8. The van der Waals surface area contributed by atoms with Gasteiger partial charge in [0.25, 0.3) is 0 Å². The first kappa shape index (κ1) is 27.6. The highest BCUT2D eigenvalue weighted by Gasteiger charge is 2.19. The van der Waals surface area contributed by atoms with Gasteiger partial charge in [-0.1, -0.05) is 87.5 Å². The summed E-state index contributed by atoms with van der Waals surface area (Å²) in [5.41, 5.74) is 4.11. The third-order valence-corrected chi connectivity index (χ3v) is 8.16. The van der Waals surface area contributed by atoms with Crippen molar-refractivity contribution in [1.29, 1.82) is 0 Å². The summed E-state index contributed by atoms with van der Waals surface area (Å²) in [6, 6.07) is 13.6. The average Bonchev–Trinajstić information content (AvgIpc) is 2.88. The zero-order valence-electron chi connectivity index (χ0n) is 22.8. The Labute approximate surface area is 225 Å². The number of hydrogen-bond acceptors (Lipinski definition) is 3. The number of rotatable bonds is 11. The predicted molar refractivity (Wildman–Crippen MR) is 160 cm³/mol. The van der Waals surface area contributed by atoms with Crippen LogP contribution in [0.5, 0.6) is 5.75 Å². The molecule has 2 aliphatic carbocycles. The summed E-state index contributed by atoms with van der Waals surface area (Å²) in [4.78, 5) is 0. The Balaban J connectivity index is 1.70. The summed E-state index contributed by atoms with van der Waals surface area (Å²) in [5, 5.41) is 6.31. The van der Waals surface area contributed by atoms with E-state index in [9.17, 15) is 0 Å². The fourth-order valence-corrected chi connectivity index (χ4v) is 6.26. The van der Waals surface area contributed by atoms with E-state index in [1.807, 2.05) is 0 Å². The molecule has 3 nitrogen and oxygen atoms in total. The largest absolute Gasteiger partial charge is 0.467 e. The Bertz CT molecular complexity index is 1160. The van der Waals surface area contributed by atoms with Crippen LogP contribution in [0.15, 0.2) is 85.0 Å². The van der Waals surface area contributed by atoms with E-state index >= 15 is 0 Å². The van der Waals surface area contributed by atoms with E-state index in [-0.39, 0.29) is 12.3 Å². The van der Waals surface area contributed by atoms with E-state index in [1.165, 1.54) is 27.3 Å². The molecule has 0 saturated heterocycles. The minimum Gasteiger partial charge on any atom is -0.467 e. The van der Waals surface area contributed by atoms with Gasteiger partial charge < -0.3 is 14.8 Å². The van der Waals surface area contributed by atoms with Crippen LogP contribution in [-0.2, 0) is 24.1 Å². The van der Waals surface area contributed by atoms with Gasteiger partial charge in [-0.15, -0.1) is 0 Å². The zero-order chi connectivity index (χ0) is 26.1. The monoisotopic (exact) mass is 515 g/mol. The maximum Gasteiger partial charge on any atom is 0.188 e. The summed E-state index contributed by atoms with van der Waals surface area (Å²) >= 11 is 0. The van der Waals surface area contributed by atoms with E-state index in [0.717, 1.165) is 38.0 Å². The van der Waals surface area contributed by atoms with Crippen molar-refractivity contribution in [1.82, 2.24) is 5.32 Å². The van der Waals surface area contributed by atoms with E-state index in [1.54, 1.807) is 7.11 Å². The maximum absolute atomic E-state index is 6.33. The summed E-state index contributed by atoms with van der Waals surface area (Å²) in [6.07, 6.45) is 22.1. The van der Waals surface area contributed by atoms with Gasteiger partial charge in [-0.3, -0.25) is 0 Å². The molecule has 0 saturated carbocycles. The van der Waals surface area contributed by atoms with Crippen LogP contribution in [0.25, 0.3) is 0 Å². The Kier molecular flexibility index (Phi) is 9.97. The molecule has 1 N–H and O–H groups in total. The van der Waals surface area contributed by atoms with E-state index in [2.05, 4.69) is 111 Å². The molecule has 0 amide bonds. The van der Waals surface area contributed by atoms with Crippen LogP contribution in [0.1, 0.15) is 50.3 Å². The van der Waals surface area contributed by atoms with Crippen molar-refractivity contribution < 1.29 is 9.47 Å². The molecule has 0 heterocycles. The van der Waals surface area contributed by atoms with Crippen molar-refractivity contribution in [2.24, 2.45) is 11.8 Å². The van der Waals surface area contributed by atoms with Crippen molar-refractivity contribution >= 4 is 19.2 Å². The Morgan fingerprint density at radius 3 is 2.22 bits per heavy atom. The summed E-state index contributed by atoms with van der Waals surface area (Å²) < 4.78 is 11.7. The predicted octanol–water partition coefficient (Wildman–Crippen LogP) is 6.54. The lowest BCUT2D eigenvalue weighted by Gasteiger charge is -2.23. The van der Waals surface area contributed by atoms with Gasteiger partial charge in [-0.25, -0.2) is 0 Å². The SMILES string of the molecule is COCOc1c(CC2C=CC=CC2)cc(CC2C=CC=CC2)cc1Pc1ccccc1CNC(C)(C)C. The summed E-state index contributed by atoms with van der Waals surface area (Å²) in [6.45, 7) is 7.76. The number of methoxy groups -OCH3 is 1. The Hall–Kier alpha value is -2.45. The highest BCUT2D eigenvalue weighted by atomic mass is 31.1. The molecule has 196 valence electrons. The molecule has 2 aromatic carbocycles. The highest BCUT2D eigenvalue weighted by Crippen LogP contribution is 2.31. The van der Waals surface area contributed by atoms with E-state index < -0.39 is 0 Å². The van der Waals surface area contributed by atoms with E-state index in [0.29, 0.717) is 20.4 Å². The third-order valence-electron chi connectivity index (χ3n) is 6.76. The smallest absolute Gasteiger partial charge is 0.188 e. The lowest BCUT2D eigenvalue weighted by Crippen LogP contribution is -2.36. The molecule has 0 radical (unpaired) electrons. The van der Waals surface area contributed by atoms with E-state index in [4.69, 9.17) is 9.47 Å². The lowest BCUT2D eigenvalue weighted by atomic mass is 9.89. The average molecular weight is 516 g/mol. The van der Waals surface area contributed by atoms with Crippen LogP contribution in [0.3, 0.4) is 0 Å². The number of nitrogens with one attached hydrogen (secondary N) is 1. The number of hydrogen-bond donors (Lipinski definition) is 1. The van der Waals surface area contributed by atoms with Crippen LogP contribution < -0.4 is 20.7 Å². The molecule has 0 spiro atoms. The van der Waals surface area contributed by atoms with Crippen molar-refractivity contribution in [3.05, 3.63) is 102 Å². The molecule has 4 rings (SSSR count). The van der Waals surface area contributed by atoms with Gasteiger partial charge in [-0.05, 0) is 86.4 Å². The second-order valence-electron chi connectivity index (χ2n) is 11.1. The molecule has 4 heteroatoms. The molecule has 2 aliphatic rings. The first-order valence-electron chi connectivity index (χ1n) is 13.5. The standard InChI is InChI=1S/C33H42NO2P/c1-33(2,3)34-23-28-17-11-12-18-30(28)37-31-22-27(19-25-13-7-5-8-14-25)21-29(32(31)36-24-35-4)20-26-15-9-6-10-16-26/h5-13,15,17-18,21-22,25-26,34,37H,14,16,19-20,23-24H2,1-4H3. The molecule has 3 atom stereocenters. The summed E-state index contributed by atoms with van der Waals surface area (Å²) in [5.74, 6) is 2.03. The molecular formula is C33H42NO2P. The fraction of sp³-hybridized carbons (Fsp3) is 0.394. The molecule has 0 aliphatic heterocycles. The quantitative estimate of drug-likeness (QED) is 0.272. The number of benzene rings is 2. The first-order valence-corrected chi connectivity index (χ1v) is 14.5. The first-order chi connectivity index (χ1) is 17.9. The second-order valence-corrected chi connectivity index (χ2v) is 12.4. The van der Waals surface area contributed by atoms with Gasteiger partial charge >= 0.3 is 0 Å². The van der Waals surface area contributed by atoms with Gasteiger partial charge in [0, 0.05) is 24.5 Å². The minimum absolute atomic E-state index is 0.0694. The van der Waals surface area contributed by atoms with Gasteiger partial charge in [0.05, 0.1) is 0 Å². The molecule has 0 aromatic heterocycles. The molecule has 3 unspecified atom stereocenters. The Morgan fingerprint density at radius 2 is 1.57 bits per heavy atom. The molecule has 0 bridgehead atoms. The van der Waals surface area contributed by atoms with Crippen molar-refractivity contribution in [2.45, 2.75) is 58.5 Å². The van der Waals surface area contributed by atoms with Gasteiger partial charge in [0.1, 0.15) is 5.75 Å². The van der Waals surface area contributed by atoms with Crippen LogP contribution >= 0.6 is 8.58 Å². The third kappa shape index (κ3) is 8.54. The van der Waals surface area contributed by atoms with Crippen LogP contribution in [0, 0.1) is 11.8 Å². The molecule has 37 heavy (non-hydrogen) atoms. The Morgan fingerprint density at radius 1 is 0.865 bits per heavy atom. The lowest BCUT2D eigenvalue weighted by molar-refractivity contribution is 0.0511.